The molecule has 2 atom stereocenters. The molecule has 2 aromatic heterocycles. The number of oxazole rings is 1. The van der Waals surface area contributed by atoms with Crippen LogP contribution in [0.4, 0.5) is 0 Å². The average Bonchev–Trinajstić information content (AvgIpc) is 3.09. The highest BCUT2D eigenvalue weighted by Gasteiger charge is 2.40. The summed E-state index contributed by atoms with van der Waals surface area (Å²) in [5.74, 6) is 0.939. The molecule has 0 aromatic carbocycles. The van der Waals surface area contributed by atoms with Crippen molar-refractivity contribution in [3.63, 3.8) is 0 Å². The van der Waals surface area contributed by atoms with Crippen LogP contribution in [0.3, 0.4) is 0 Å². The number of carbonyl (C=O) groups excluding carboxylic acids is 1. The minimum atomic E-state index is -0.238. The monoisotopic (exact) mass is 312 g/mol. The second-order valence-corrected chi connectivity index (χ2v) is 6.36. The number of nitrogens with one attached hydrogen (secondary N) is 1. The number of aromatic nitrogens is 2. The van der Waals surface area contributed by atoms with Gasteiger partial charge in [0.05, 0.1) is 6.20 Å². The summed E-state index contributed by atoms with van der Waals surface area (Å²) in [7, 11) is 0. The van der Waals surface area contributed by atoms with Crippen LogP contribution in [-0.2, 0) is 0 Å². The summed E-state index contributed by atoms with van der Waals surface area (Å²) in [5.41, 5.74) is 0.676. The second kappa shape index (κ2) is 5.77. The maximum atomic E-state index is 12.5. The van der Waals surface area contributed by atoms with Gasteiger partial charge in [-0.15, -0.1) is 0 Å². The zero-order valence-electron chi connectivity index (χ0n) is 13.1. The summed E-state index contributed by atoms with van der Waals surface area (Å²) >= 11 is 0. The fourth-order valence-electron chi connectivity index (χ4n) is 3.76. The number of hydrogen-bond acceptors (Lipinski definition) is 5. The van der Waals surface area contributed by atoms with Gasteiger partial charge in [0.15, 0.2) is 5.76 Å². The largest absolute Gasteiger partial charge is 0.431 e. The highest BCUT2D eigenvalue weighted by atomic mass is 16.4. The number of fused-ring (bicyclic) bond motifs is 3. The number of rotatable bonds is 3. The van der Waals surface area contributed by atoms with E-state index in [1.807, 2.05) is 18.2 Å². The second-order valence-electron chi connectivity index (χ2n) is 6.36. The summed E-state index contributed by atoms with van der Waals surface area (Å²) in [6.45, 7) is 4.47. The van der Waals surface area contributed by atoms with Crippen molar-refractivity contribution in [3.8, 4) is 11.5 Å². The molecule has 2 bridgehead atoms. The molecular formula is C17H20N4O2. The first-order valence-electron chi connectivity index (χ1n) is 8.14. The lowest BCUT2D eigenvalue weighted by Crippen LogP contribution is -2.62. The number of amides is 1. The molecule has 6 heteroatoms. The van der Waals surface area contributed by atoms with Crippen LogP contribution in [0.25, 0.3) is 11.5 Å². The minimum Gasteiger partial charge on any atom is -0.431 e. The van der Waals surface area contributed by atoms with Gasteiger partial charge in [-0.3, -0.25) is 14.7 Å². The highest BCUT2D eigenvalue weighted by Crippen LogP contribution is 2.32. The Kier molecular flexibility index (Phi) is 3.61. The van der Waals surface area contributed by atoms with E-state index < -0.39 is 0 Å². The Bertz CT molecular complexity index is 690. The Morgan fingerprint density at radius 2 is 2.13 bits per heavy atom. The van der Waals surface area contributed by atoms with E-state index in [1.165, 1.54) is 0 Å². The molecule has 1 N–H and O–H groups in total. The molecule has 6 nitrogen and oxygen atoms in total. The van der Waals surface area contributed by atoms with Crippen LogP contribution in [-0.4, -0.2) is 45.9 Å². The van der Waals surface area contributed by atoms with Crippen molar-refractivity contribution in [2.75, 3.05) is 13.1 Å². The van der Waals surface area contributed by atoms with Crippen LogP contribution in [0, 0.1) is 5.92 Å². The molecule has 5 rings (SSSR count). The summed E-state index contributed by atoms with van der Waals surface area (Å²) < 4.78 is 5.59. The van der Waals surface area contributed by atoms with Crippen molar-refractivity contribution in [2.45, 2.75) is 31.8 Å². The molecule has 0 radical (unpaired) electrons. The van der Waals surface area contributed by atoms with Crippen LogP contribution < -0.4 is 5.32 Å². The first-order chi connectivity index (χ1) is 11.2. The fourth-order valence-corrected chi connectivity index (χ4v) is 3.76. The Balaban J connectivity index is 1.49. The summed E-state index contributed by atoms with van der Waals surface area (Å²) in [4.78, 5) is 23.2. The van der Waals surface area contributed by atoms with Crippen molar-refractivity contribution in [3.05, 3.63) is 36.5 Å². The van der Waals surface area contributed by atoms with Crippen molar-refractivity contribution in [1.29, 1.82) is 0 Å². The van der Waals surface area contributed by atoms with Gasteiger partial charge in [0.1, 0.15) is 5.69 Å². The molecule has 120 valence electrons. The van der Waals surface area contributed by atoms with E-state index in [0.29, 0.717) is 23.4 Å². The molecule has 3 saturated heterocycles. The van der Waals surface area contributed by atoms with E-state index in [1.54, 1.807) is 12.4 Å². The Morgan fingerprint density at radius 1 is 1.30 bits per heavy atom. The van der Waals surface area contributed by atoms with E-state index in [9.17, 15) is 4.79 Å². The smallest absolute Gasteiger partial charge is 0.307 e. The Hall–Kier alpha value is -2.21. The van der Waals surface area contributed by atoms with Gasteiger partial charge >= 0.3 is 5.91 Å². The van der Waals surface area contributed by atoms with Crippen molar-refractivity contribution >= 4 is 5.91 Å². The van der Waals surface area contributed by atoms with E-state index in [2.05, 4.69) is 27.1 Å². The number of piperidine rings is 3. The molecule has 2 aromatic rings. The van der Waals surface area contributed by atoms with Crippen molar-refractivity contribution in [1.82, 2.24) is 20.2 Å². The lowest BCUT2D eigenvalue weighted by atomic mass is 9.79. The maximum Gasteiger partial charge on any atom is 0.307 e. The lowest BCUT2D eigenvalue weighted by Gasteiger charge is -2.49. The molecule has 0 spiro atoms. The predicted molar refractivity (Wildman–Crippen MR) is 84.7 cm³/mol. The Morgan fingerprint density at radius 3 is 2.83 bits per heavy atom. The zero-order valence-corrected chi connectivity index (χ0v) is 13.1. The molecular weight excluding hydrogens is 292 g/mol. The van der Waals surface area contributed by atoms with E-state index in [4.69, 9.17) is 4.42 Å². The van der Waals surface area contributed by atoms with Crippen LogP contribution >= 0.6 is 0 Å². The van der Waals surface area contributed by atoms with Gasteiger partial charge < -0.3 is 9.73 Å². The van der Waals surface area contributed by atoms with Gasteiger partial charge in [-0.05, 0) is 50.9 Å². The first-order valence-corrected chi connectivity index (χ1v) is 8.14. The van der Waals surface area contributed by atoms with Gasteiger partial charge in [0, 0.05) is 18.3 Å². The zero-order chi connectivity index (χ0) is 15.8. The first kappa shape index (κ1) is 14.4. The van der Waals surface area contributed by atoms with Gasteiger partial charge in [0.25, 0.3) is 5.89 Å². The fraction of sp³-hybridized carbons (Fsp3) is 0.471. The van der Waals surface area contributed by atoms with Crippen LogP contribution in [0.1, 0.15) is 30.5 Å². The topological polar surface area (TPSA) is 71.3 Å². The molecule has 3 fully saturated rings. The average molecular weight is 312 g/mol. The van der Waals surface area contributed by atoms with Crippen molar-refractivity contribution in [2.24, 2.45) is 5.92 Å². The highest BCUT2D eigenvalue weighted by molar-refractivity contribution is 5.90. The molecule has 0 aliphatic carbocycles. The third kappa shape index (κ3) is 2.63. The van der Waals surface area contributed by atoms with Crippen LogP contribution in [0.5, 0.6) is 0 Å². The van der Waals surface area contributed by atoms with E-state index in [-0.39, 0.29) is 17.8 Å². The number of hydrogen-bond donors (Lipinski definition) is 1. The minimum absolute atomic E-state index is 0.106. The molecule has 0 saturated carbocycles. The van der Waals surface area contributed by atoms with Crippen LogP contribution in [0.15, 0.2) is 35.0 Å². The van der Waals surface area contributed by atoms with E-state index >= 15 is 0 Å². The maximum absolute atomic E-state index is 12.5. The Labute approximate surface area is 134 Å². The summed E-state index contributed by atoms with van der Waals surface area (Å²) in [6.07, 6.45) is 5.55. The van der Waals surface area contributed by atoms with Gasteiger partial charge in [-0.1, -0.05) is 6.07 Å². The SMILES string of the molecule is CC1C(NC(=O)c2ncc(-c3ccccn3)o2)C2CCN1CC2. The number of carbonyl (C=O) groups is 1. The molecule has 2 unspecified atom stereocenters. The predicted octanol–water partition coefficient (Wildman–Crippen LogP) is 1.95. The standard InChI is InChI=1S/C17H20N4O2/c1-11-15(12-5-8-21(11)9-6-12)20-16(22)17-19-10-14(23-17)13-4-2-3-7-18-13/h2-4,7,10-12,15H,5-6,8-9H2,1H3,(H,20,22). The van der Waals surface area contributed by atoms with Gasteiger partial charge in [-0.2, -0.15) is 0 Å². The third-order valence-corrected chi connectivity index (χ3v) is 5.09. The molecule has 1 amide bonds. The number of nitrogens with zero attached hydrogens (tertiary/aromatic N) is 3. The summed E-state index contributed by atoms with van der Waals surface area (Å²) in [6, 6.07) is 6.09. The van der Waals surface area contributed by atoms with Gasteiger partial charge in [0.2, 0.25) is 0 Å². The molecule has 23 heavy (non-hydrogen) atoms. The van der Waals surface area contributed by atoms with Crippen LogP contribution in [0.2, 0.25) is 0 Å². The normalized spacial score (nSPS) is 29.4. The quantitative estimate of drug-likeness (QED) is 0.938. The lowest BCUT2D eigenvalue weighted by molar-refractivity contribution is 0.0210. The molecule has 3 aliphatic rings. The molecule has 5 heterocycles. The van der Waals surface area contributed by atoms with Crippen molar-refractivity contribution < 1.29 is 9.21 Å². The molecule has 3 aliphatic heterocycles. The third-order valence-electron chi connectivity index (χ3n) is 5.09. The number of pyridine rings is 1. The van der Waals surface area contributed by atoms with E-state index in [0.717, 1.165) is 25.9 Å². The van der Waals surface area contributed by atoms with Gasteiger partial charge in [-0.25, -0.2) is 4.98 Å². The summed E-state index contributed by atoms with van der Waals surface area (Å²) in [5, 5.41) is 3.12.